The first-order valence-corrected chi connectivity index (χ1v) is 8.76. The summed E-state index contributed by atoms with van der Waals surface area (Å²) in [5.41, 5.74) is 1.14. The molecule has 4 rings (SSSR count). The molecule has 2 heterocycles. The van der Waals surface area contributed by atoms with E-state index in [-0.39, 0.29) is 11.4 Å². The second-order valence-electron chi connectivity index (χ2n) is 6.42. The van der Waals surface area contributed by atoms with Gasteiger partial charge in [0.25, 0.3) is 5.91 Å². The molecular weight excluding hydrogens is 377 g/mol. The van der Waals surface area contributed by atoms with Crippen LogP contribution in [0.5, 0.6) is 11.6 Å². The van der Waals surface area contributed by atoms with E-state index in [0.29, 0.717) is 16.4 Å². The predicted molar refractivity (Wildman–Crippen MR) is 101 cm³/mol. The molecule has 3 aromatic rings. The normalized spacial score (nSPS) is 18.5. The third kappa shape index (κ3) is 3.47. The number of nitrogens with one attached hydrogen (secondary N) is 1. The number of aromatic nitrogens is 1. The van der Waals surface area contributed by atoms with Gasteiger partial charge in [-0.25, -0.2) is 4.79 Å². The molecule has 0 spiro atoms. The topological polar surface area (TPSA) is 80.8 Å². The standard InChI is InChI=1S/C21H16FN3O4/c1-21(19(26)25(20(27)29-21)24-14-8-4-2-5-9-14)16-12-13-17(23-18(16)22)28-15-10-6-3-7-11-15/h2-13,24H,1H3. The number of para-hydroxylation sites is 2. The fraction of sp³-hybridized carbons (Fsp3) is 0.0952. The van der Waals surface area contributed by atoms with Gasteiger partial charge in [0.05, 0.1) is 11.3 Å². The maximum absolute atomic E-state index is 14.7. The average molecular weight is 393 g/mol. The summed E-state index contributed by atoms with van der Waals surface area (Å²) in [5.74, 6) is -1.23. The fourth-order valence-electron chi connectivity index (χ4n) is 2.91. The Hall–Kier alpha value is -3.94. The minimum Gasteiger partial charge on any atom is -0.439 e. The van der Waals surface area contributed by atoms with Crippen LogP contribution < -0.4 is 10.2 Å². The Morgan fingerprint density at radius 3 is 2.31 bits per heavy atom. The maximum atomic E-state index is 14.7. The van der Waals surface area contributed by atoms with Crippen LogP contribution >= 0.6 is 0 Å². The van der Waals surface area contributed by atoms with Crippen LogP contribution in [0.2, 0.25) is 0 Å². The van der Waals surface area contributed by atoms with E-state index in [0.717, 1.165) is 0 Å². The summed E-state index contributed by atoms with van der Waals surface area (Å²) < 4.78 is 25.4. The molecule has 1 aliphatic rings. The summed E-state index contributed by atoms with van der Waals surface area (Å²) in [6, 6.07) is 20.1. The van der Waals surface area contributed by atoms with Crippen molar-refractivity contribution in [2.75, 3.05) is 5.43 Å². The maximum Gasteiger partial charge on any atom is 0.437 e. The number of pyridine rings is 1. The molecule has 1 aliphatic heterocycles. The Bertz CT molecular complexity index is 1060. The molecule has 7 nitrogen and oxygen atoms in total. The van der Waals surface area contributed by atoms with Crippen molar-refractivity contribution in [2.24, 2.45) is 0 Å². The van der Waals surface area contributed by atoms with Gasteiger partial charge in [0.1, 0.15) is 5.75 Å². The molecule has 2 aromatic carbocycles. The zero-order valence-corrected chi connectivity index (χ0v) is 15.3. The number of hydrogen-bond acceptors (Lipinski definition) is 6. The van der Waals surface area contributed by atoms with E-state index in [1.807, 2.05) is 6.07 Å². The molecule has 1 aromatic heterocycles. The van der Waals surface area contributed by atoms with Gasteiger partial charge in [-0.1, -0.05) is 36.4 Å². The molecule has 0 aliphatic carbocycles. The first kappa shape index (κ1) is 18.4. The Labute approximate surface area is 165 Å². The Morgan fingerprint density at radius 2 is 1.66 bits per heavy atom. The lowest BCUT2D eigenvalue weighted by Gasteiger charge is -2.21. The SMILES string of the molecule is CC1(c2ccc(Oc3ccccc3)nc2F)OC(=O)N(Nc2ccccc2)C1=O. The number of cyclic esters (lactones) is 1. The molecule has 1 saturated heterocycles. The number of amides is 2. The van der Waals surface area contributed by atoms with E-state index < -0.39 is 23.5 Å². The van der Waals surface area contributed by atoms with Gasteiger partial charge in [-0.3, -0.25) is 10.2 Å². The van der Waals surface area contributed by atoms with Crippen LogP contribution in [0.1, 0.15) is 12.5 Å². The number of rotatable bonds is 5. The van der Waals surface area contributed by atoms with Crippen molar-refractivity contribution in [1.82, 2.24) is 9.99 Å². The molecule has 2 amide bonds. The van der Waals surface area contributed by atoms with Gasteiger partial charge in [0.2, 0.25) is 17.4 Å². The summed E-state index contributed by atoms with van der Waals surface area (Å²) in [4.78, 5) is 28.9. The van der Waals surface area contributed by atoms with Crippen LogP contribution in [0.3, 0.4) is 0 Å². The molecule has 29 heavy (non-hydrogen) atoms. The lowest BCUT2D eigenvalue weighted by Crippen LogP contribution is -2.40. The molecule has 146 valence electrons. The first-order chi connectivity index (χ1) is 14.0. The minimum absolute atomic E-state index is 0.0112. The third-order valence-electron chi connectivity index (χ3n) is 4.40. The first-order valence-electron chi connectivity index (χ1n) is 8.76. The molecule has 8 heteroatoms. The number of carbonyl (C=O) groups is 2. The summed E-state index contributed by atoms with van der Waals surface area (Å²) in [6.07, 6.45) is -0.939. The van der Waals surface area contributed by atoms with Crippen molar-refractivity contribution in [2.45, 2.75) is 12.5 Å². The number of ether oxygens (including phenoxy) is 2. The van der Waals surface area contributed by atoms with E-state index in [2.05, 4.69) is 10.4 Å². The number of hydrazine groups is 1. The van der Waals surface area contributed by atoms with Crippen LogP contribution in [0.15, 0.2) is 72.8 Å². The number of hydrogen-bond donors (Lipinski definition) is 1. The highest BCUT2D eigenvalue weighted by molar-refractivity contribution is 6.04. The number of nitrogens with zero attached hydrogens (tertiary/aromatic N) is 2. The van der Waals surface area contributed by atoms with Crippen LogP contribution in [0.4, 0.5) is 14.9 Å². The van der Waals surface area contributed by atoms with Crippen molar-refractivity contribution in [3.63, 3.8) is 0 Å². The van der Waals surface area contributed by atoms with Crippen molar-refractivity contribution < 1.29 is 23.5 Å². The zero-order valence-electron chi connectivity index (χ0n) is 15.3. The average Bonchev–Trinajstić information content (AvgIpc) is 2.93. The van der Waals surface area contributed by atoms with E-state index in [1.54, 1.807) is 54.6 Å². The Balaban J connectivity index is 1.58. The van der Waals surface area contributed by atoms with Crippen molar-refractivity contribution in [1.29, 1.82) is 0 Å². The van der Waals surface area contributed by atoms with E-state index >= 15 is 0 Å². The fourth-order valence-corrected chi connectivity index (χ4v) is 2.91. The van der Waals surface area contributed by atoms with Crippen molar-refractivity contribution in [3.8, 4) is 11.6 Å². The van der Waals surface area contributed by atoms with Crippen LogP contribution in [-0.4, -0.2) is 22.0 Å². The number of halogens is 1. The lowest BCUT2D eigenvalue weighted by atomic mass is 9.96. The minimum atomic E-state index is -1.86. The molecule has 0 saturated carbocycles. The molecule has 1 atom stereocenters. The third-order valence-corrected chi connectivity index (χ3v) is 4.40. The molecule has 1 fully saturated rings. The Kier molecular flexibility index (Phi) is 4.59. The zero-order chi connectivity index (χ0) is 20.4. The summed E-state index contributed by atoms with van der Waals surface area (Å²) in [5, 5.41) is 0.711. The quantitative estimate of drug-likeness (QED) is 0.654. The van der Waals surface area contributed by atoms with Gasteiger partial charge in [-0.15, -0.1) is 5.01 Å². The largest absolute Gasteiger partial charge is 0.439 e. The van der Waals surface area contributed by atoms with Crippen LogP contribution in [-0.2, 0) is 15.1 Å². The number of imide groups is 1. The van der Waals surface area contributed by atoms with Gasteiger partial charge in [-0.05, 0) is 37.3 Å². The van der Waals surface area contributed by atoms with Crippen LogP contribution in [0, 0.1) is 5.95 Å². The van der Waals surface area contributed by atoms with Gasteiger partial charge in [-0.2, -0.15) is 9.37 Å². The monoisotopic (exact) mass is 393 g/mol. The molecule has 1 N–H and O–H groups in total. The second-order valence-corrected chi connectivity index (χ2v) is 6.42. The lowest BCUT2D eigenvalue weighted by molar-refractivity contribution is -0.135. The second kappa shape index (κ2) is 7.23. The van der Waals surface area contributed by atoms with E-state index in [4.69, 9.17) is 9.47 Å². The molecule has 0 bridgehead atoms. The number of anilines is 1. The highest BCUT2D eigenvalue weighted by Crippen LogP contribution is 2.36. The van der Waals surface area contributed by atoms with Crippen LogP contribution in [0.25, 0.3) is 0 Å². The van der Waals surface area contributed by atoms with E-state index in [9.17, 15) is 14.0 Å². The molecule has 1 unspecified atom stereocenters. The summed E-state index contributed by atoms with van der Waals surface area (Å²) in [6.45, 7) is 1.32. The predicted octanol–water partition coefficient (Wildman–Crippen LogP) is 4.23. The van der Waals surface area contributed by atoms with Crippen molar-refractivity contribution >= 4 is 17.7 Å². The highest BCUT2D eigenvalue weighted by atomic mass is 19.1. The molecule has 0 radical (unpaired) electrons. The number of benzene rings is 2. The van der Waals surface area contributed by atoms with Gasteiger partial charge >= 0.3 is 6.09 Å². The highest BCUT2D eigenvalue weighted by Gasteiger charge is 2.54. The smallest absolute Gasteiger partial charge is 0.437 e. The summed E-state index contributed by atoms with van der Waals surface area (Å²) >= 11 is 0. The van der Waals surface area contributed by atoms with E-state index in [1.165, 1.54) is 19.1 Å². The van der Waals surface area contributed by atoms with Gasteiger partial charge in [0.15, 0.2) is 0 Å². The molecular formula is C21H16FN3O4. The van der Waals surface area contributed by atoms with Crippen molar-refractivity contribution in [3.05, 3.63) is 84.3 Å². The number of carbonyl (C=O) groups excluding carboxylic acids is 2. The van der Waals surface area contributed by atoms with Gasteiger partial charge in [0, 0.05) is 6.07 Å². The Morgan fingerprint density at radius 1 is 1.00 bits per heavy atom. The van der Waals surface area contributed by atoms with Gasteiger partial charge < -0.3 is 9.47 Å². The summed E-state index contributed by atoms with van der Waals surface area (Å²) in [7, 11) is 0.